The van der Waals surface area contributed by atoms with Gasteiger partial charge in [-0.1, -0.05) is 11.8 Å². The van der Waals surface area contributed by atoms with Crippen molar-refractivity contribution in [2.45, 2.75) is 5.03 Å². The minimum Gasteiger partial charge on any atom is -0.293 e. The number of nitro benzene ring substituents is 1. The zero-order chi connectivity index (χ0) is 14.5. The highest BCUT2D eigenvalue weighted by Crippen LogP contribution is 2.19. The van der Waals surface area contributed by atoms with Crippen LogP contribution in [-0.2, 0) is 0 Å². The van der Waals surface area contributed by atoms with E-state index < -0.39 is 4.92 Å². The second-order valence-electron chi connectivity index (χ2n) is 3.83. The van der Waals surface area contributed by atoms with E-state index in [-0.39, 0.29) is 17.2 Å². The summed E-state index contributed by atoms with van der Waals surface area (Å²) in [4.78, 5) is 26.1. The molecule has 0 fully saturated rings. The molecule has 0 unspecified atom stereocenters. The van der Waals surface area contributed by atoms with Gasteiger partial charge in [0, 0.05) is 28.4 Å². The SMILES string of the molecule is O=C(CSc1ccc(Br)cn1)c1ccc([N+](=O)[O-])cc1. The van der Waals surface area contributed by atoms with Crippen LogP contribution in [0.4, 0.5) is 5.69 Å². The van der Waals surface area contributed by atoms with Crippen LogP contribution in [0.3, 0.4) is 0 Å². The summed E-state index contributed by atoms with van der Waals surface area (Å²) >= 11 is 4.61. The molecule has 2 aromatic rings. The van der Waals surface area contributed by atoms with Gasteiger partial charge in [0.1, 0.15) is 0 Å². The van der Waals surface area contributed by atoms with Gasteiger partial charge in [0.2, 0.25) is 0 Å². The zero-order valence-corrected chi connectivity index (χ0v) is 12.6. The first-order valence-electron chi connectivity index (χ1n) is 5.58. The van der Waals surface area contributed by atoms with E-state index in [9.17, 15) is 14.9 Å². The van der Waals surface area contributed by atoms with Crippen molar-refractivity contribution in [3.8, 4) is 0 Å². The Labute approximate surface area is 127 Å². The summed E-state index contributed by atoms with van der Waals surface area (Å²) in [5, 5.41) is 11.3. The number of thioether (sulfide) groups is 1. The normalized spacial score (nSPS) is 10.2. The average molecular weight is 353 g/mol. The molecule has 7 heteroatoms. The molecule has 0 aliphatic carbocycles. The van der Waals surface area contributed by atoms with Gasteiger partial charge in [0.05, 0.1) is 15.7 Å². The number of pyridine rings is 1. The molecular formula is C13H9BrN2O3S. The fraction of sp³-hybridized carbons (Fsp3) is 0.0769. The van der Waals surface area contributed by atoms with Crippen LogP contribution in [0.2, 0.25) is 0 Å². The van der Waals surface area contributed by atoms with Crippen molar-refractivity contribution in [2.24, 2.45) is 0 Å². The fourth-order valence-corrected chi connectivity index (χ4v) is 2.41. The quantitative estimate of drug-likeness (QED) is 0.354. The van der Waals surface area contributed by atoms with E-state index in [0.29, 0.717) is 5.56 Å². The number of benzene rings is 1. The van der Waals surface area contributed by atoms with Crippen molar-refractivity contribution in [2.75, 3.05) is 5.75 Å². The van der Waals surface area contributed by atoms with E-state index in [1.807, 2.05) is 12.1 Å². The van der Waals surface area contributed by atoms with Crippen molar-refractivity contribution in [3.05, 3.63) is 62.7 Å². The summed E-state index contributed by atoms with van der Waals surface area (Å²) in [5.74, 6) is 0.154. The molecule has 5 nitrogen and oxygen atoms in total. The van der Waals surface area contributed by atoms with Gasteiger partial charge < -0.3 is 0 Å². The minimum absolute atomic E-state index is 0.0243. The molecule has 0 aliphatic heterocycles. The standard InChI is InChI=1S/C13H9BrN2O3S/c14-10-3-6-13(15-7-10)20-8-12(17)9-1-4-11(5-2-9)16(18)19/h1-7H,8H2. The van der Waals surface area contributed by atoms with E-state index >= 15 is 0 Å². The maximum Gasteiger partial charge on any atom is 0.269 e. The minimum atomic E-state index is -0.491. The van der Waals surface area contributed by atoms with E-state index in [0.717, 1.165) is 9.50 Å². The molecule has 0 radical (unpaired) electrons. The number of Topliss-reactive ketones (excluding diaryl/α,β-unsaturated/α-hetero) is 1. The predicted octanol–water partition coefficient (Wildman–Crippen LogP) is 3.73. The fourth-order valence-electron chi connectivity index (χ4n) is 1.44. The lowest BCUT2D eigenvalue weighted by molar-refractivity contribution is -0.384. The number of non-ortho nitro benzene ring substituents is 1. The van der Waals surface area contributed by atoms with E-state index in [4.69, 9.17) is 0 Å². The maximum atomic E-state index is 11.9. The number of aromatic nitrogens is 1. The molecule has 0 aliphatic rings. The van der Waals surface area contributed by atoms with Gasteiger partial charge in [-0.25, -0.2) is 4.98 Å². The largest absolute Gasteiger partial charge is 0.293 e. The molecule has 0 N–H and O–H groups in total. The topological polar surface area (TPSA) is 73.1 Å². The number of halogens is 1. The van der Waals surface area contributed by atoms with Crippen molar-refractivity contribution in [1.29, 1.82) is 0 Å². The number of carbonyl (C=O) groups is 1. The summed E-state index contributed by atoms with van der Waals surface area (Å²) in [6.07, 6.45) is 1.67. The molecule has 0 bridgehead atoms. The van der Waals surface area contributed by atoms with Crippen molar-refractivity contribution < 1.29 is 9.72 Å². The second kappa shape index (κ2) is 6.62. The van der Waals surface area contributed by atoms with E-state index in [1.54, 1.807) is 6.20 Å². The maximum absolute atomic E-state index is 11.9. The highest BCUT2D eigenvalue weighted by molar-refractivity contribution is 9.10. The first-order chi connectivity index (χ1) is 9.56. The van der Waals surface area contributed by atoms with Gasteiger partial charge in [0.25, 0.3) is 5.69 Å². The van der Waals surface area contributed by atoms with Crippen LogP contribution in [0.1, 0.15) is 10.4 Å². The Morgan fingerprint density at radius 1 is 1.25 bits per heavy atom. The smallest absolute Gasteiger partial charge is 0.269 e. The van der Waals surface area contributed by atoms with Gasteiger partial charge in [-0.05, 0) is 40.2 Å². The summed E-state index contributed by atoms with van der Waals surface area (Å²) in [6.45, 7) is 0. The summed E-state index contributed by atoms with van der Waals surface area (Å²) in [7, 11) is 0. The Morgan fingerprint density at radius 3 is 2.50 bits per heavy atom. The first kappa shape index (κ1) is 14.7. The third-order valence-electron chi connectivity index (χ3n) is 2.45. The molecule has 1 aromatic carbocycles. The van der Waals surface area contributed by atoms with Gasteiger partial charge in [-0.15, -0.1) is 0 Å². The lowest BCUT2D eigenvalue weighted by Gasteiger charge is -2.01. The molecule has 0 saturated heterocycles. The molecule has 0 saturated carbocycles. The number of hydrogen-bond acceptors (Lipinski definition) is 5. The molecule has 0 atom stereocenters. The Balaban J connectivity index is 1.97. The van der Waals surface area contributed by atoms with Crippen LogP contribution >= 0.6 is 27.7 Å². The average Bonchev–Trinajstić information content (AvgIpc) is 2.46. The van der Waals surface area contributed by atoms with Crippen molar-refractivity contribution in [3.63, 3.8) is 0 Å². The number of nitro groups is 1. The summed E-state index contributed by atoms with van der Waals surface area (Å²) in [5.41, 5.74) is 0.434. The van der Waals surface area contributed by atoms with Crippen LogP contribution in [0.25, 0.3) is 0 Å². The monoisotopic (exact) mass is 352 g/mol. The van der Waals surface area contributed by atoms with Crippen LogP contribution < -0.4 is 0 Å². The van der Waals surface area contributed by atoms with Crippen LogP contribution in [-0.4, -0.2) is 21.4 Å². The van der Waals surface area contributed by atoms with Crippen LogP contribution in [0.5, 0.6) is 0 Å². The third kappa shape index (κ3) is 3.88. The first-order valence-corrected chi connectivity index (χ1v) is 7.36. The highest BCUT2D eigenvalue weighted by atomic mass is 79.9. The molecule has 1 aromatic heterocycles. The summed E-state index contributed by atoms with van der Waals surface area (Å²) < 4.78 is 0.878. The number of carbonyl (C=O) groups excluding carboxylic acids is 1. The highest BCUT2D eigenvalue weighted by Gasteiger charge is 2.10. The number of ketones is 1. The molecule has 0 amide bonds. The van der Waals surface area contributed by atoms with Crippen LogP contribution in [0.15, 0.2) is 52.1 Å². The molecule has 0 spiro atoms. The van der Waals surface area contributed by atoms with Gasteiger partial charge in [-0.2, -0.15) is 0 Å². The zero-order valence-electron chi connectivity index (χ0n) is 10.2. The van der Waals surface area contributed by atoms with Gasteiger partial charge in [-0.3, -0.25) is 14.9 Å². The molecule has 102 valence electrons. The summed E-state index contributed by atoms with van der Waals surface area (Å²) in [6, 6.07) is 9.27. The number of rotatable bonds is 5. The Kier molecular flexibility index (Phi) is 4.86. The Morgan fingerprint density at radius 2 is 1.95 bits per heavy atom. The molecule has 2 rings (SSSR count). The molecular weight excluding hydrogens is 344 g/mol. The van der Waals surface area contributed by atoms with Gasteiger partial charge >= 0.3 is 0 Å². The Hall–Kier alpha value is -1.73. The molecule has 20 heavy (non-hydrogen) atoms. The second-order valence-corrected chi connectivity index (χ2v) is 5.74. The van der Waals surface area contributed by atoms with Gasteiger partial charge in [0.15, 0.2) is 5.78 Å². The van der Waals surface area contributed by atoms with Crippen molar-refractivity contribution in [1.82, 2.24) is 4.98 Å². The van der Waals surface area contributed by atoms with E-state index in [2.05, 4.69) is 20.9 Å². The number of hydrogen-bond donors (Lipinski definition) is 0. The third-order valence-corrected chi connectivity index (χ3v) is 3.86. The number of nitrogens with zero attached hydrogens (tertiary/aromatic N) is 2. The lowest BCUT2D eigenvalue weighted by atomic mass is 10.1. The van der Waals surface area contributed by atoms with E-state index in [1.165, 1.54) is 36.0 Å². The lowest BCUT2D eigenvalue weighted by Crippen LogP contribution is -2.02. The van der Waals surface area contributed by atoms with Crippen LogP contribution in [0, 0.1) is 10.1 Å². The molecule has 1 heterocycles. The van der Waals surface area contributed by atoms with Crippen molar-refractivity contribution >= 4 is 39.2 Å². The predicted molar refractivity (Wildman–Crippen MR) is 80.1 cm³/mol. The Bertz CT molecular complexity index is 629.